The highest BCUT2D eigenvalue weighted by molar-refractivity contribution is 5.83. The van der Waals surface area contributed by atoms with Gasteiger partial charge in [-0.3, -0.25) is 9.59 Å². The van der Waals surface area contributed by atoms with Gasteiger partial charge in [-0.2, -0.15) is 0 Å². The van der Waals surface area contributed by atoms with E-state index < -0.39 is 12.0 Å². The fourth-order valence-corrected chi connectivity index (χ4v) is 7.77. The zero-order valence-electron chi connectivity index (χ0n) is 39.6. The van der Waals surface area contributed by atoms with Crippen molar-refractivity contribution >= 4 is 17.8 Å². The molecule has 0 spiro atoms. The molecule has 60 heavy (non-hydrogen) atoms. The number of esters is 1. The van der Waals surface area contributed by atoms with E-state index >= 15 is 0 Å². The Labute approximate surface area is 371 Å². The van der Waals surface area contributed by atoms with Crippen molar-refractivity contribution < 1.29 is 24.2 Å². The number of allylic oxidation sites excluding steroid dienone is 6. The molecule has 350 valence electrons. The molecule has 0 aliphatic carbocycles. The number of nitrogens with two attached hydrogens (primary N) is 1. The number of aliphatic carboxylic acids is 1. The molecule has 2 atom stereocenters. The first-order chi connectivity index (χ1) is 29.4. The number of carbonyl (C=O) groups excluding carboxylic acids is 2. The van der Waals surface area contributed by atoms with Crippen molar-refractivity contribution in [2.45, 2.75) is 276 Å². The van der Waals surface area contributed by atoms with E-state index in [4.69, 9.17) is 10.5 Å². The van der Waals surface area contributed by atoms with Crippen LogP contribution < -0.4 is 11.1 Å². The molecule has 7 nitrogen and oxygen atoms in total. The number of hydrogen-bond acceptors (Lipinski definition) is 5. The van der Waals surface area contributed by atoms with Crippen LogP contribution >= 0.6 is 0 Å². The summed E-state index contributed by atoms with van der Waals surface area (Å²) in [6.07, 6.45) is 57.7. The SMILES string of the molecule is CCCCC/C=C\C/C=C\CCCCCCCCCCCC(=O)OC(CCCCC/C=C\CCCCCCCCCC)CCCCCCCC(=O)NC(CCCN)C(=O)O. The van der Waals surface area contributed by atoms with Crippen LogP contribution in [0.1, 0.15) is 264 Å². The molecule has 0 aromatic rings. The van der Waals surface area contributed by atoms with Crippen molar-refractivity contribution in [1.82, 2.24) is 5.32 Å². The van der Waals surface area contributed by atoms with Crippen molar-refractivity contribution in [3.8, 4) is 0 Å². The molecule has 0 aromatic heterocycles. The van der Waals surface area contributed by atoms with E-state index in [0.717, 1.165) is 77.0 Å². The largest absolute Gasteiger partial charge is 0.480 e. The number of hydrogen-bond donors (Lipinski definition) is 3. The van der Waals surface area contributed by atoms with Crippen molar-refractivity contribution in [3.63, 3.8) is 0 Å². The second-order valence-electron chi connectivity index (χ2n) is 17.6. The van der Waals surface area contributed by atoms with Gasteiger partial charge in [0.1, 0.15) is 12.1 Å². The van der Waals surface area contributed by atoms with E-state index in [0.29, 0.717) is 32.2 Å². The van der Waals surface area contributed by atoms with Gasteiger partial charge in [-0.1, -0.05) is 179 Å². The van der Waals surface area contributed by atoms with Crippen LogP contribution in [0.3, 0.4) is 0 Å². The van der Waals surface area contributed by atoms with Gasteiger partial charge in [0.05, 0.1) is 0 Å². The van der Waals surface area contributed by atoms with Gasteiger partial charge in [-0.05, 0) is 116 Å². The minimum atomic E-state index is -1.00. The Balaban J connectivity index is 4.31. The molecule has 0 saturated heterocycles. The average Bonchev–Trinajstić information content (AvgIpc) is 3.23. The molecule has 0 fully saturated rings. The number of carboxylic acid groups (broad SMARTS) is 1. The number of carboxylic acids is 1. The van der Waals surface area contributed by atoms with Crippen LogP contribution in [-0.2, 0) is 19.1 Å². The maximum Gasteiger partial charge on any atom is 0.326 e. The first-order valence-electron chi connectivity index (χ1n) is 25.8. The zero-order valence-corrected chi connectivity index (χ0v) is 39.6. The molecule has 1 amide bonds. The Kier molecular flexibility index (Phi) is 45.7. The molecule has 0 rings (SSSR count). The fraction of sp³-hybridized carbons (Fsp3) is 0.830. The van der Waals surface area contributed by atoms with Crippen LogP contribution in [-0.4, -0.2) is 41.6 Å². The van der Waals surface area contributed by atoms with E-state index in [2.05, 4.69) is 55.6 Å². The molecule has 0 bridgehead atoms. The summed E-state index contributed by atoms with van der Waals surface area (Å²) < 4.78 is 6.08. The number of ether oxygens (including phenoxy) is 1. The molecule has 0 aromatic carbocycles. The summed E-state index contributed by atoms with van der Waals surface area (Å²) >= 11 is 0. The van der Waals surface area contributed by atoms with E-state index in [1.807, 2.05) is 0 Å². The maximum absolute atomic E-state index is 12.9. The van der Waals surface area contributed by atoms with Gasteiger partial charge in [0.2, 0.25) is 5.91 Å². The summed E-state index contributed by atoms with van der Waals surface area (Å²) in [5.41, 5.74) is 5.50. The molecule has 0 radical (unpaired) electrons. The first kappa shape index (κ1) is 57.6. The summed E-state index contributed by atoms with van der Waals surface area (Å²) in [5, 5.41) is 12.0. The lowest BCUT2D eigenvalue weighted by atomic mass is 10.0. The molecule has 4 N–H and O–H groups in total. The van der Waals surface area contributed by atoms with Crippen LogP contribution in [0.25, 0.3) is 0 Å². The van der Waals surface area contributed by atoms with Crippen molar-refractivity contribution in [1.29, 1.82) is 0 Å². The zero-order chi connectivity index (χ0) is 43.8. The number of amides is 1. The summed E-state index contributed by atoms with van der Waals surface area (Å²) in [5.74, 6) is -1.24. The average molecular weight is 843 g/mol. The van der Waals surface area contributed by atoms with Gasteiger partial charge in [-0.25, -0.2) is 4.79 Å². The standard InChI is InChI=1S/C53H98N2O5/c1-3-5-7-9-11-13-15-17-19-20-21-22-24-26-28-30-32-37-41-47-52(57)60-49(43-38-34-31-29-27-25-23-18-16-14-12-10-8-6-4-2)44-39-35-33-36-40-46-51(56)55-50(53(58)59)45-42-48-54/h11,13,17,19,25,27,49-50H,3-10,12,14-16,18,20-24,26,28-48,54H2,1-2H3,(H,55,56)(H,58,59)/b13-11-,19-17-,27-25-. The molecule has 7 heteroatoms. The highest BCUT2D eigenvalue weighted by atomic mass is 16.5. The molecule has 2 unspecified atom stereocenters. The molecular formula is C53H98N2O5. The lowest BCUT2D eigenvalue weighted by molar-refractivity contribution is -0.150. The smallest absolute Gasteiger partial charge is 0.326 e. The third-order valence-corrected chi connectivity index (χ3v) is 11.7. The Hall–Kier alpha value is -2.41. The minimum absolute atomic E-state index is 0.00471. The predicted molar refractivity (Wildman–Crippen MR) is 257 cm³/mol. The lowest BCUT2D eigenvalue weighted by Crippen LogP contribution is -2.40. The molecule has 0 aliphatic heterocycles. The van der Waals surface area contributed by atoms with Gasteiger partial charge >= 0.3 is 11.9 Å². The van der Waals surface area contributed by atoms with Crippen molar-refractivity contribution in [3.05, 3.63) is 36.5 Å². The lowest BCUT2D eigenvalue weighted by Gasteiger charge is -2.18. The monoisotopic (exact) mass is 843 g/mol. The Morgan fingerprint density at radius 1 is 0.483 bits per heavy atom. The van der Waals surface area contributed by atoms with Gasteiger partial charge in [0, 0.05) is 12.8 Å². The molecule has 0 saturated carbocycles. The summed E-state index contributed by atoms with van der Waals surface area (Å²) in [7, 11) is 0. The van der Waals surface area contributed by atoms with Gasteiger partial charge < -0.3 is 20.9 Å². The normalized spacial score (nSPS) is 12.8. The van der Waals surface area contributed by atoms with Crippen LogP contribution in [0, 0.1) is 0 Å². The first-order valence-corrected chi connectivity index (χ1v) is 25.8. The highest BCUT2D eigenvalue weighted by Crippen LogP contribution is 2.19. The molecule has 0 aliphatic rings. The minimum Gasteiger partial charge on any atom is -0.480 e. The van der Waals surface area contributed by atoms with Gasteiger partial charge in [0.15, 0.2) is 0 Å². The topological polar surface area (TPSA) is 119 Å². The van der Waals surface area contributed by atoms with E-state index in [1.165, 1.54) is 148 Å². The van der Waals surface area contributed by atoms with Crippen LogP contribution in [0.15, 0.2) is 36.5 Å². The molecular weight excluding hydrogens is 745 g/mol. The predicted octanol–water partition coefficient (Wildman–Crippen LogP) is 15.3. The fourth-order valence-electron chi connectivity index (χ4n) is 7.77. The number of rotatable bonds is 47. The van der Waals surface area contributed by atoms with Gasteiger partial charge in [0.25, 0.3) is 0 Å². The van der Waals surface area contributed by atoms with Crippen LogP contribution in [0.5, 0.6) is 0 Å². The Morgan fingerprint density at radius 2 is 0.867 bits per heavy atom. The number of carbonyl (C=O) groups is 3. The molecule has 0 heterocycles. The summed E-state index contributed by atoms with van der Waals surface area (Å²) in [4.78, 5) is 36.6. The highest BCUT2D eigenvalue weighted by Gasteiger charge is 2.19. The quantitative estimate of drug-likeness (QED) is 0.0319. The van der Waals surface area contributed by atoms with E-state index in [1.54, 1.807) is 0 Å². The third kappa shape index (κ3) is 43.7. The summed E-state index contributed by atoms with van der Waals surface area (Å²) in [6.45, 7) is 4.94. The van der Waals surface area contributed by atoms with Crippen LogP contribution in [0.2, 0.25) is 0 Å². The third-order valence-electron chi connectivity index (χ3n) is 11.7. The van der Waals surface area contributed by atoms with Gasteiger partial charge in [-0.15, -0.1) is 0 Å². The number of unbranched alkanes of at least 4 members (excludes halogenated alkanes) is 27. The Bertz CT molecular complexity index is 1040. The second kappa shape index (κ2) is 47.6. The summed E-state index contributed by atoms with van der Waals surface area (Å²) in [6, 6.07) is -0.859. The van der Waals surface area contributed by atoms with E-state index in [9.17, 15) is 19.5 Å². The van der Waals surface area contributed by atoms with E-state index in [-0.39, 0.29) is 18.0 Å². The van der Waals surface area contributed by atoms with Crippen molar-refractivity contribution in [2.75, 3.05) is 6.54 Å². The van der Waals surface area contributed by atoms with Crippen molar-refractivity contribution in [2.24, 2.45) is 5.73 Å². The number of nitrogens with one attached hydrogen (secondary N) is 1. The Morgan fingerprint density at radius 3 is 1.35 bits per heavy atom. The second-order valence-corrected chi connectivity index (χ2v) is 17.6. The maximum atomic E-state index is 12.9. The van der Waals surface area contributed by atoms with Crippen LogP contribution in [0.4, 0.5) is 0 Å².